The lowest BCUT2D eigenvalue weighted by atomic mass is 9.74. The van der Waals surface area contributed by atoms with Gasteiger partial charge in [0.2, 0.25) is 5.91 Å². The van der Waals surface area contributed by atoms with Crippen molar-refractivity contribution in [1.29, 1.82) is 0 Å². The van der Waals surface area contributed by atoms with E-state index in [-0.39, 0.29) is 29.8 Å². The summed E-state index contributed by atoms with van der Waals surface area (Å²) in [7, 11) is -0.212. The molecule has 1 aromatic rings. The summed E-state index contributed by atoms with van der Waals surface area (Å²) >= 11 is 0. The number of carbonyl (C=O) groups is 2. The summed E-state index contributed by atoms with van der Waals surface area (Å²) in [6, 6.07) is 5.56. The van der Waals surface area contributed by atoms with Crippen molar-refractivity contribution in [3.63, 3.8) is 0 Å². The molecular weight excluding hydrogens is 472 g/mol. The fourth-order valence-electron chi connectivity index (χ4n) is 4.35. The molecule has 35 heavy (non-hydrogen) atoms. The molecule has 1 aromatic carbocycles. The van der Waals surface area contributed by atoms with E-state index in [0.29, 0.717) is 43.6 Å². The Balaban J connectivity index is 3.20. The topological polar surface area (TPSA) is 131 Å². The van der Waals surface area contributed by atoms with E-state index in [9.17, 15) is 18.0 Å². The van der Waals surface area contributed by atoms with E-state index in [1.807, 2.05) is 39.0 Å². The number of esters is 1. The maximum Gasteiger partial charge on any atom is 0.306 e. The van der Waals surface area contributed by atoms with Crippen LogP contribution in [0.4, 0.5) is 0 Å². The van der Waals surface area contributed by atoms with Gasteiger partial charge in [-0.05, 0) is 44.1 Å². The monoisotopic (exact) mass is 514 g/mol. The number of methoxy groups -OCH3 is 1. The number of carbonyl (C=O) groups excluding carboxylic acids is 2. The van der Waals surface area contributed by atoms with Crippen molar-refractivity contribution in [2.24, 2.45) is 5.41 Å². The minimum atomic E-state index is -3.36. The Hall–Kier alpha value is -2.17. The number of ether oxygens (including phenoxy) is 2. The molecule has 0 fully saturated rings. The molecule has 200 valence electrons. The normalized spacial score (nSPS) is 13.7. The van der Waals surface area contributed by atoms with E-state index in [2.05, 4.69) is 10.9 Å². The van der Waals surface area contributed by atoms with Crippen LogP contribution in [0.25, 0.3) is 0 Å². The molecular formula is C25H42N2O7S. The summed E-state index contributed by atoms with van der Waals surface area (Å²) in [5.41, 5.74) is 5.38. The van der Waals surface area contributed by atoms with Crippen LogP contribution in [-0.4, -0.2) is 64.3 Å². The first-order valence-corrected chi connectivity index (χ1v) is 13.8. The molecule has 1 amide bonds. The number of para-hydroxylation sites is 1. The highest BCUT2D eigenvalue weighted by atomic mass is 32.2. The molecule has 3 N–H and O–H groups in total. The lowest BCUT2D eigenvalue weighted by Crippen LogP contribution is -2.47. The van der Waals surface area contributed by atoms with Crippen LogP contribution in [0.5, 0.6) is 5.75 Å². The molecule has 1 unspecified atom stereocenters. The highest BCUT2D eigenvalue weighted by Gasteiger charge is 2.38. The summed E-state index contributed by atoms with van der Waals surface area (Å²) in [6.07, 6.45) is 2.22. The fourth-order valence-corrected chi connectivity index (χ4v) is 6.11. The third-order valence-electron chi connectivity index (χ3n) is 6.08. The first-order chi connectivity index (χ1) is 16.4. The third kappa shape index (κ3) is 9.42. The Bertz CT molecular complexity index is 947. The van der Waals surface area contributed by atoms with Crippen LogP contribution >= 0.6 is 0 Å². The average Bonchev–Trinajstić information content (AvgIpc) is 2.76. The van der Waals surface area contributed by atoms with Crippen LogP contribution in [-0.2, 0) is 36.0 Å². The maximum atomic E-state index is 13.2. The van der Waals surface area contributed by atoms with E-state index in [4.69, 9.17) is 14.6 Å². The van der Waals surface area contributed by atoms with Crippen molar-refractivity contribution in [3.05, 3.63) is 29.3 Å². The van der Waals surface area contributed by atoms with Gasteiger partial charge in [0.1, 0.15) is 5.75 Å². The lowest BCUT2D eigenvalue weighted by molar-refractivity contribution is -0.143. The Morgan fingerprint density at radius 2 is 1.83 bits per heavy atom. The second-order valence-corrected chi connectivity index (χ2v) is 11.9. The van der Waals surface area contributed by atoms with Crippen LogP contribution in [0.1, 0.15) is 64.5 Å². The predicted molar refractivity (Wildman–Crippen MR) is 136 cm³/mol. The number of benzene rings is 1. The molecule has 0 bridgehead atoms. The summed E-state index contributed by atoms with van der Waals surface area (Å²) in [5.74, 6) is -0.280. The SMILES string of the molecule is CCOC(=O)CCc1cccc(C(C)(CCCC(C)(C)CS(=O)(=O)CCO)C(=O)NNC)c1OC. The van der Waals surface area contributed by atoms with Crippen LogP contribution in [0.3, 0.4) is 0 Å². The van der Waals surface area contributed by atoms with Gasteiger partial charge in [0, 0.05) is 19.0 Å². The number of rotatable bonds is 16. The van der Waals surface area contributed by atoms with E-state index in [0.717, 1.165) is 5.56 Å². The molecule has 0 spiro atoms. The molecule has 10 heteroatoms. The Labute approximate surface area is 209 Å². The van der Waals surface area contributed by atoms with Gasteiger partial charge in [0.25, 0.3) is 0 Å². The second kappa shape index (κ2) is 13.8. The van der Waals surface area contributed by atoms with Crippen molar-refractivity contribution < 1.29 is 32.6 Å². The van der Waals surface area contributed by atoms with Gasteiger partial charge in [-0.2, -0.15) is 0 Å². The zero-order valence-electron chi connectivity index (χ0n) is 21.9. The Morgan fingerprint density at radius 3 is 2.40 bits per heavy atom. The van der Waals surface area contributed by atoms with E-state index in [1.165, 1.54) is 7.11 Å². The van der Waals surface area contributed by atoms with Crippen molar-refractivity contribution in [2.45, 2.75) is 65.2 Å². The van der Waals surface area contributed by atoms with Crippen molar-refractivity contribution in [2.75, 3.05) is 38.9 Å². The number of hydrogen-bond acceptors (Lipinski definition) is 8. The van der Waals surface area contributed by atoms with Gasteiger partial charge in [-0.15, -0.1) is 0 Å². The average molecular weight is 515 g/mol. The van der Waals surface area contributed by atoms with E-state index < -0.39 is 27.3 Å². The smallest absolute Gasteiger partial charge is 0.306 e. The zero-order valence-corrected chi connectivity index (χ0v) is 22.7. The number of aliphatic hydroxyl groups is 1. The van der Waals surface area contributed by atoms with Crippen LogP contribution in [0.15, 0.2) is 18.2 Å². The lowest BCUT2D eigenvalue weighted by Gasteiger charge is -2.32. The van der Waals surface area contributed by atoms with Crippen molar-refractivity contribution in [1.82, 2.24) is 10.9 Å². The number of aliphatic hydroxyl groups excluding tert-OH is 1. The summed E-state index contributed by atoms with van der Waals surface area (Å²) in [5, 5.41) is 9.02. The molecule has 0 aliphatic carbocycles. The molecule has 1 rings (SSSR count). The predicted octanol–water partition coefficient (Wildman–Crippen LogP) is 2.30. The fraction of sp³-hybridized carbons (Fsp3) is 0.680. The van der Waals surface area contributed by atoms with Gasteiger partial charge < -0.3 is 14.6 Å². The van der Waals surface area contributed by atoms with Crippen molar-refractivity contribution in [3.8, 4) is 5.75 Å². The molecule has 0 aromatic heterocycles. The van der Waals surface area contributed by atoms with Gasteiger partial charge in [-0.25, -0.2) is 13.8 Å². The van der Waals surface area contributed by atoms with Crippen LogP contribution < -0.4 is 15.6 Å². The number of hydrazine groups is 1. The van der Waals surface area contributed by atoms with E-state index >= 15 is 0 Å². The standard InChI is InChI=1S/C25H42N2O7S/c1-7-34-21(29)13-12-19-10-8-11-20(22(19)33-6)25(4,23(30)27-26-5)15-9-14-24(2,3)18-35(31,32)17-16-28/h8,10-11,26,28H,7,9,12-18H2,1-6H3,(H,27,30). The summed E-state index contributed by atoms with van der Waals surface area (Å²) < 4.78 is 35.2. The number of aryl methyl sites for hydroxylation is 1. The van der Waals surface area contributed by atoms with Crippen molar-refractivity contribution >= 4 is 21.7 Å². The third-order valence-corrected chi connectivity index (χ3v) is 8.11. The molecule has 0 saturated heterocycles. The highest BCUT2D eigenvalue weighted by Crippen LogP contribution is 2.40. The largest absolute Gasteiger partial charge is 0.496 e. The van der Waals surface area contributed by atoms with Gasteiger partial charge in [0.05, 0.1) is 37.2 Å². The molecule has 0 radical (unpaired) electrons. The first kappa shape index (κ1) is 30.9. The minimum Gasteiger partial charge on any atom is -0.496 e. The summed E-state index contributed by atoms with van der Waals surface area (Å²) in [4.78, 5) is 25.1. The van der Waals surface area contributed by atoms with E-state index in [1.54, 1.807) is 14.0 Å². The molecule has 0 aliphatic heterocycles. The number of hydrogen-bond donors (Lipinski definition) is 3. The van der Waals surface area contributed by atoms with Gasteiger partial charge in [-0.1, -0.05) is 38.5 Å². The highest BCUT2D eigenvalue weighted by molar-refractivity contribution is 7.91. The van der Waals surface area contributed by atoms with Crippen LogP contribution in [0.2, 0.25) is 0 Å². The van der Waals surface area contributed by atoms with Gasteiger partial charge in [0.15, 0.2) is 9.84 Å². The molecule has 1 atom stereocenters. The molecule has 0 saturated carbocycles. The molecule has 0 aliphatic rings. The quantitative estimate of drug-likeness (QED) is 0.226. The zero-order chi connectivity index (χ0) is 26.7. The molecule has 9 nitrogen and oxygen atoms in total. The Kier molecular flexibility index (Phi) is 12.2. The second-order valence-electron chi connectivity index (χ2n) is 9.67. The molecule has 0 heterocycles. The minimum absolute atomic E-state index is 0.0351. The van der Waals surface area contributed by atoms with Gasteiger partial charge >= 0.3 is 5.97 Å². The first-order valence-electron chi connectivity index (χ1n) is 12.0. The number of amides is 1. The Morgan fingerprint density at radius 1 is 1.14 bits per heavy atom. The van der Waals surface area contributed by atoms with Crippen LogP contribution in [0, 0.1) is 5.41 Å². The van der Waals surface area contributed by atoms with Gasteiger partial charge in [-0.3, -0.25) is 15.0 Å². The summed E-state index contributed by atoms with van der Waals surface area (Å²) in [6.45, 7) is 7.27. The number of nitrogens with one attached hydrogen (secondary N) is 2. The number of sulfone groups is 1. The maximum absolute atomic E-state index is 13.2.